The Bertz CT molecular complexity index is 1220. The number of rotatable bonds is 9. The normalized spacial score (nSPS) is 17.0. The number of nitrogens with zero attached hydrogens (tertiary/aromatic N) is 2. The van der Waals surface area contributed by atoms with Crippen LogP contribution in [0.4, 0.5) is 0 Å². The number of aliphatic hydroxyl groups excluding tert-OH is 1. The topological polar surface area (TPSA) is 89.0 Å². The minimum Gasteiger partial charge on any atom is -0.507 e. The highest BCUT2D eigenvalue weighted by Gasteiger charge is 2.46. The van der Waals surface area contributed by atoms with Crippen molar-refractivity contribution in [3.05, 3.63) is 95.3 Å². The lowest BCUT2D eigenvalue weighted by Crippen LogP contribution is -2.29. The standard InChI is InChI=1S/C28H28N2O5/c1-3-4-16-35-22-10-8-20(9-11-22)25-24(26(31)21-6-5-7-23(17-21)34-2)27(32)28(33)30(25)18-19-12-14-29-15-13-19/h5-15,17,25,31H,3-4,16,18H2,1-2H3/b26-24+. The number of pyridine rings is 1. The van der Waals surface area contributed by atoms with E-state index in [-0.39, 0.29) is 17.9 Å². The zero-order valence-electron chi connectivity index (χ0n) is 19.8. The average molecular weight is 473 g/mol. The second-order valence-electron chi connectivity index (χ2n) is 8.29. The summed E-state index contributed by atoms with van der Waals surface area (Å²) in [4.78, 5) is 31.9. The van der Waals surface area contributed by atoms with Gasteiger partial charge in [-0.15, -0.1) is 0 Å². The zero-order chi connectivity index (χ0) is 24.8. The predicted octanol–water partition coefficient (Wildman–Crippen LogP) is 4.89. The zero-order valence-corrected chi connectivity index (χ0v) is 19.8. The average Bonchev–Trinajstić information content (AvgIpc) is 3.14. The summed E-state index contributed by atoms with van der Waals surface area (Å²) >= 11 is 0. The Balaban J connectivity index is 1.77. The van der Waals surface area contributed by atoms with Crippen LogP contribution in [-0.4, -0.2) is 40.4 Å². The molecule has 3 aromatic rings. The van der Waals surface area contributed by atoms with Crippen LogP contribution in [0.3, 0.4) is 0 Å². The number of carbonyl (C=O) groups excluding carboxylic acids is 2. The van der Waals surface area contributed by atoms with E-state index in [0.29, 0.717) is 29.2 Å². The summed E-state index contributed by atoms with van der Waals surface area (Å²) in [6.45, 7) is 2.91. The van der Waals surface area contributed by atoms with Crippen LogP contribution in [0.1, 0.15) is 42.5 Å². The fourth-order valence-electron chi connectivity index (χ4n) is 4.08. The quantitative estimate of drug-likeness (QED) is 0.206. The van der Waals surface area contributed by atoms with E-state index < -0.39 is 17.7 Å². The number of ether oxygens (including phenoxy) is 2. The summed E-state index contributed by atoms with van der Waals surface area (Å²) in [5.74, 6) is -0.397. The van der Waals surface area contributed by atoms with Crippen molar-refractivity contribution in [1.82, 2.24) is 9.88 Å². The van der Waals surface area contributed by atoms with Crippen LogP contribution in [-0.2, 0) is 16.1 Å². The fourth-order valence-corrected chi connectivity index (χ4v) is 4.08. The van der Waals surface area contributed by atoms with Gasteiger partial charge in [0, 0.05) is 24.5 Å². The van der Waals surface area contributed by atoms with Crippen molar-refractivity contribution < 1.29 is 24.2 Å². The first-order valence-corrected chi connectivity index (χ1v) is 11.6. The second-order valence-corrected chi connectivity index (χ2v) is 8.29. The molecule has 1 amide bonds. The van der Waals surface area contributed by atoms with Gasteiger partial charge in [-0.05, 0) is 53.9 Å². The highest BCUT2D eigenvalue weighted by atomic mass is 16.5. The SMILES string of the molecule is CCCCOc1ccc(C2/C(=C(\O)c3cccc(OC)c3)C(=O)C(=O)N2Cc2ccncc2)cc1. The second kappa shape index (κ2) is 10.9. The molecule has 4 rings (SSSR count). The molecule has 1 aliphatic rings. The molecule has 1 atom stereocenters. The molecule has 0 aliphatic carbocycles. The van der Waals surface area contributed by atoms with Crippen molar-refractivity contribution in [3.8, 4) is 11.5 Å². The van der Waals surface area contributed by atoms with Crippen LogP contribution in [0.25, 0.3) is 5.76 Å². The van der Waals surface area contributed by atoms with Crippen molar-refractivity contribution in [2.24, 2.45) is 0 Å². The minimum atomic E-state index is -0.765. The van der Waals surface area contributed by atoms with Crippen LogP contribution in [0.2, 0.25) is 0 Å². The van der Waals surface area contributed by atoms with E-state index in [4.69, 9.17) is 9.47 Å². The number of unbranched alkanes of at least 4 members (excludes halogenated alkanes) is 1. The van der Waals surface area contributed by atoms with Gasteiger partial charge < -0.3 is 19.5 Å². The first kappa shape index (κ1) is 24.0. The number of likely N-dealkylation sites (tertiary alicyclic amines) is 1. The third kappa shape index (κ3) is 5.19. The van der Waals surface area contributed by atoms with E-state index in [2.05, 4.69) is 11.9 Å². The molecule has 0 spiro atoms. The van der Waals surface area contributed by atoms with Gasteiger partial charge in [0.15, 0.2) is 0 Å². The maximum atomic E-state index is 13.2. The van der Waals surface area contributed by atoms with Crippen LogP contribution in [0.15, 0.2) is 78.6 Å². The Morgan fingerprint density at radius 3 is 2.46 bits per heavy atom. The van der Waals surface area contributed by atoms with Gasteiger partial charge in [0.2, 0.25) is 0 Å². The van der Waals surface area contributed by atoms with Crippen molar-refractivity contribution >= 4 is 17.4 Å². The molecule has 35 heavy (non-hydrogen) atoms. The number of aliphatic hydroxyl groups is 1. The van der Waals surface area contributed by atoms with Gasteiger partial charge >= 0.3 is 0 Å². The maximum Gasteiger partial charge on any atom is 0.295 e. The lowest BCUT2D eigenvalue weighted by atomic mass is 9.95. The lowest BCUT2D eigenvalue weighted by molar-refractivity contribution is -0.140. The molecule has 0 bridgehead atoms. The largest absolute Gasteiger partial charge is 0.507 e. The van der Waals surface area contributed by atoms with E-state index in [1.807, 2.05) is 24.3 Å². The molecule has 1 unspecified atom stereocenters. The number of carbonyl (C=O) groups is 2. The van der Waals surface area contributed by atoms with Gasteiger partial charge in [0.05, 0.1) is 25.3 Å². The van der Waals surface area contributed by atoms with E-state index in [9.17, 15) is 14.7 Å². The Morgan fingerprint density at radius 1 is 1.03 bits per heavy atom. The Kier molecular flexibility index (Phi) is 7.45. The number of amides is 1. The Labute approximate surface area is 204 Å². The smallest absolute Gasteiger partial charge is 0.295 e. The van der Waals surface area contributed by atoms with Gasteiger partial charge in [0.25, 0.3) is 11.7 Å². The van der Waals surface area contributed by atoms with E-state index in [1.165, 1.54) is 12.0 Å². The summed E-state index contributed by atoms with van der Waals surface area (Å²) in [6.07, 6.45) is 5.26. The molecular weight excluding hydrogens is 444 g/mol. The molecule has 2 heterocycles. The number of ketones is 1. The highest BCUT2D eigenvalue weighted by molar-refractivity contribution is 6.46. The molecule has 0 saturated carbocycles. The Hall–Kier alpha value is -4.13. The van der Waals surface area contributed by atoms with Crippen LogP contribution in [0.5, 0.6) is 11.5 Å². The van der Waals surface area contributed by atoms with Crippen LogP contribution >= 0.6 is 0 Å². The third-order valence-corrected chi connectivity index (χ3v) is 5.95. The third-order valence-electron chi connectivity index (χ3n) is 5.95. The molecule has 1 N–H and O–H groups in total. The van der Waals surface area contributed by atoms with E-state index >= 15 is 0 Å². The van der Waals surface area contributed by atoms with Crippen LogP contribution < -0.4 is 9.47 Å². The van der Waals surface area contributed by atoms with Gasteiger partial charge in [-0.2, -0.15) is 0 Å². The molecule has 1 aliphatic heterocycles. The van der Waals surface area contributed by atoms with Crippen molar-refractivity contribution in [2.75, 3.05) is 13.7 Å². The molecule has 1 fully saturated rings. The molecule has 2 aromatic carbocycles. The van der Waals surface area contributed by atoms with E-state index in [1.54, 1.807) is 48.8 Å². The Morgan fingerprint density at radius 2 is 1.77 bits per heavy atom. The summed E-state index contributed by atoms with van der Waals surface area (Å²) in [6, 6.07) is 16.9. The minimum absolute atomic E-state index is 0.0389. The van der Waals surface area contributed by atoms with Gasteiger partial charge in [-0.1, -0.05) is 37.6 Å². The van der Waals surface area contributed by atoms with Crippen molar-refractivity contribution in [2.45, 2.75) is 32.4 Å². The molecule has 1 aromatic heterocycles. The van der Waals surface area contributed by atoms with E-state index in [0.717, 1.165) is 18.4 Å². The maximum absolute atomic E-state index is 13.2. The fraction of sp³-hybridized carbons (Fsp3) is 0.250. The molecule has 180 valence electrons. The molecule has 0 radical (unpaired) electrons. The van der Waals surface area contributed by atoms with Gasteiger partial charge in [-0.25, -0.2) is 0 Å². The number of hydrogen-bond acceptors (Lipinski definition) is 6. The monoisotopic (exact) mass is 472 g/mol. The number of hydrogen-bond donors (Lipinski definition) is 1. The van der Waals surface area contributed by atoms with Crippen LogP contribution in [0, 0.1) is 0 Å². The first-order chi connectivity index (χ1) is 17.0. The molecule has 7 heteroatoms. The number of benzene rings is 2. The van der Waals surface area contributed by atoms with Gasteiger partial charge in [0.1, 0.15) is 17.3 Å². The lowest BCUT2D eigenvalue weighted by Gasteiger charge is -2.25. The summed E-state index contributed by atoms with van der Waals surface area (Å²) in [7, 11) is 1.52. The molecule has 7 nitrogen and oxygen atoms in total. The van der Waals surface area contributed by atoms with Gasteiger partial charge in [-0.3, -0.25) is 14.6 Å². The summed E-state index contributed by atoms with van der Waals surface area (Å²) in [5, 5.41) is 11.2. The number of Topliss-reactive ketones (excluding diaryl/α,β-unsaturated/α-hetero) is 1. The summed E-state index contributed by atoms with van der Waals surface area (Å²) in [5.41, 5.74) is 1.96. The summed E-state index contributed by atoms with van der Waals surface area (Å²) < 4.78 is 11.0. The highest BCUT2D eigenvalue weighted by Crippen LogP contribution is 2.41. The number of aromatic nitrogens is 1. The predicted molar refractivity (Wildman–Crippen MR) is 132 cm³/mol. The van der Waals surface area contributed by atoms with Crippen molar-refractivity contribution in [3.63, 3.8) is 0 Å². The first-order valence-electron chi connectivity index (χ1n) is 11.6. The molecular formula is C28H28N2O5. The van der Waals surface area contributed by atoms with Crippen molar-refractivity contribution in [1.29, 1.82) is 0 Å². The number of methoxy groups -OCH3 is 1. The molecule has 1 saturated heterocycles.